The Morgan fingerprint density at radius 3 is 1.73 bits per heavy atom. The molecule has 4 aromatic carbocycles. The molecule has 4 nitrogen and oxygen atoms in total. The van der Waals surface area contributed by atoms with Gasteiger partial charge in [0.15, 0.2) is 5.76 Å². The molecule has 0 atom stereocenters. The van der Waals surface area contributed by atoms with Crippen LogP contribution in [0.4, 0.5) is 5.69 Å². The Morgan fingerprint density at radius 2 is 1.18 bits per heavy atom. The average Bonchev–Trinajstić information content (AvgIpc) is 3.24. The molecule has 0 unspecified atom stereocenters. The Morgan fingerprint density at radius 1 is 0.667 bits per heavy atom. The predicted molar refractivity (Wildman–Crippen MR) is 133 cm³/mol. The number of benzene rings is 4. The summed E-state index contributed by atoms with van der Waals surface area (Å²) < 4.78 is 7.04. The summed E-state index contributed by atoms with van der Waals surface area (Å²) in [5.74, 6) is -0.397. The first-order valence-corrected chi connectivity index (χ1v) is 11.2. The molecule has 0 aliphatic heterocycles. The van der Waals surface area contributed by atoms with Gasteiger partial charge in [0, 0.05) is 26.5 Å². The first-order chi connectivity index (χ1) is 16.1. The summed E-state index contributed by atoms with van der Waals surface area (Å²) in [5.41, 5.74) is 2.58. The number of nitrogens with zero attached hydrogens (tertiary/aromatic N) is 1. The highest BCUT2D eigenvalue weighted by Crippen LogP contribution is 2.42. The quantitative estimate of drug-likeness (QED) is 0.245. The van der Waals surface area contributed by atoms with Gasteiger partial charge in [0.25, 0.3) is 11.8 Å². The van der Waals surface area contributed by atoms with Gasteiger partial charge >= 0.3 is 0 Å². The Kier molecular flexibility index (Phi) is 5.63. The van der Waals surface area contributed by atoms with E-state index in [-0.39, 0.29) is 0 Å². The second-order valence-electron chi connectivity index (χ2n) is 7.46. The summed E-state index contributed by atoms with van der Waals surface area (Å²) in [7, 11) is 0. The highest BCUT2D eigenvalue weighted by molar-refractivity contribution is 9.10. The maximum atomic E-state index is 13.8. The van der Waals surface area contributed by atoms with Crippen LogP contribution < -0.4 is 4.90 Å². The van der Waals surface area contributed by atoms with Crippen molar-refractivity contribution in [1.29, 1.82) is 0 Å². The number of anilines is 1. The van der Waals surface area contributed by atoms with E-state index in [1.165, 1.54) is 4.90 Å². The highest BCUT2D eigenvalue weighted by Gasteiger charge is 2.32. The Hall–Kier alpha value is -3.96. The Bertz CT molecular complexity index is 1390. The van der Waals surface area contributed by atoms with Crippen LogP contribution in [0.1, 0.15) is 20.7 Å². The van der Waals surface area contributed by atoms with Crippen molar-refractivity contribution in [3.63, 3.8) is 0 Å². The first-order valence-electron chi connectivity index (χ1n) is 10.4. The van der Waals surface area contributed by atoms with Crippen molar-refractivity contribution < 1.29 is 14.0 Å². The maximum Gasteiger partial charge on any atom is 0.265 e. The molecular weight excluding hydrogens is 478 g/mol. The molecule has 0 aliphatic carbocycles. The molecule has 2 amide bonds. The van der Waals surface area contributed by atoms with Gasteiger partial charge in [0.2, 0.25) is 0 Å². The Balaban J connectivity index is 1.81. The molecule has 5 rings (SSSR count). The second-order valence-corrected chi connectivity index (χ2v) is 8.38. The Labute approximate surface area is 199 Å². The van der Waals surface area contributed by atoms with E-state index < -0.39 is 11.8 Å². The molecule has 0 N–H and O–H groups in total. The monoisotopic (exact) mass is 495 g/mol. The minimum atomic E-state index is -0.427. The highest BCUT2D eigenvalue weighted by atomic mass is 79.9. The van der Waals surface area contributed by atoms with Crippen molar-refractivity contribution in [1.82, 2.24) is 0 Å². The van der Waals surface area contributed by atoms with E-state index in [4.69, 9.17) is 4.42 Å². The van der Waals surface area contributed by atoms with Crippen molar-refractivity contribution in [2.75, 3.05) is 4.90 Å². The fraction of sp³-hybridized carbons (Fsp3) is 0. The van der Waals surface area contributed by atoms with Crippen LogP contribution >= 0.6 is 15.9 Å². The van der Waals surface area contributed by atoms with Crippen LogP contribution in [0.25, 0.3) is 22.3 Å². The number of carbonyl (C=O) groups is 2. The van der Waals surface area contributed by atoms with Crippen molar-refractivity contribution in [3.05, 3.63) is 125 Å². The zero-order valence-corrected chi connectivity index (χ0v) is 19.0. The van der Waals surface area contributed by atoms with Crippen LogP contribution in [0, 0.1) is 0 Å². The molecule has 160 valence electrons. The van der Waals surface area contributed by atoms with E-state index >= 15 is 0 Å². The van der Waals surface area contributed by atoms with Crippen LogP contribution in [0.2, 0.25) is 0 Å². The standard InChI is InChI=1S/C28H18BrNO3/c29-22-16-17-24-23(18-22)25(26(33-24)19-10-4-1-5-11-19)30(27(31)20-12-6-2-7-13-20)28(32)21-14-8-3-9-15-21/h1-18H. The van der Waals surface area contributed by atoms with Crippen molar-refractivity contribution in [2.45, 2.75) is 0 Å². The summed E-state index contributed by atoms with van der Waals surface area (Å²) in [6.07, 6.45) is 0. The minimum absolute atomic E-state index is 0.408. The van der Waals surface area contributed by atoms with Gasteiger partial charge in [-0.05, 0) is 42.5 Å². The number of furan rings is 1. The molecule has 5 heteroatoms. The fourth-order valence-corrected chi connectivity index (χ4v) is 4.14. The van der Waals surface area contributed by atoms with Gasteiger partial charge in [-0.2, -0.15) is 0 Å². The molecule has 33 heavy (non-hydrogen) atoms. The number of hydrogen-bond acceptors (Lipinski definition) is 3. The molecule has 0 aliphatic rings. The number of halogens is 1. The third kappa shape index (κ3) is 3.99. The normalized spacial score (nSPS) is 10.8. The van der Waals surface area contributed by atoms with Gasteiger partial charge < -0.3 is 4.42 Å². The summed E-state index contributed by atoms with van der Waals surface area (Å²) in [5, 5.41) is 0.664. The molecular formula is C28H18BrNO3. The zero-order chi connectivity index (χ0) is 22.8. The molecule has 0 spiro atoms. The number of amides is 2. The molecule has 0 saturated heterocycles. The van der Waals surface area contributed by atoms with E-state index in [0.29, 0.717) is 33.5 Å². The van der Waals surface area contributed by atoms with Gasteiger partial charge in [-0.15, -0.1) is 0 Å². The third-order valence-corrected chi connectivity index (χ3v) is 5.82. The molecule has 5 aromatic rings. The second kappa shape index (κ2) is 8.88. The van der Waals surface area contributed by atoms with E-state index in [1.807, 2.05) is 60.7 Å². The van der Waals surface area contributed by atoms with Crippen LogP contribution in [0.3, 0.4) is 0 Å². The van der Waals surface area contributed by atoms with Gasteiger partial charge in [0.05, 0.1) is 0 Å². The summed E-state index contributed by atoms with van der Waals surface area (Å²) in [6, 6.07) is 32.6. The van der Waals surface area contributed by atoms with E-state index in [9.17, 15) is 9.59 Å². The molecule has 0 saturated carbocycles. The van der Waals surface area contributed by atoms with Crippen molar-refractivity contribution in [3.8, 4) is 11.3 Å². The van der Waals surface area contributed by atoms with Crippen molar-refractivity contribution in [2.24, 2.45) is 0 Å². The smallest absolute Gasteiger partial charge is 0.265 e. The summed E-state index contributed by atoms with van der Waals surface area (Å²) in [4.78, 5) is 28.9. The minimum Gasteiger partial charge on any atom is -0.454 e. The predicted octanol–water partition coefficient (Wildman–Crippen LogP) is 7.35. The lowest BCUT2D eigenvalue weighted by Crippen LogP contribution is -2.37. The number of rotatable bonds is 4. The molecule has 0 radical (unpaired) electrons. The number of imide groups is 1. The third-order valence-electron chi connectivity index (χ3n) is 5.33. The van der Waals surface area contributed by atoms with E-state index in [1.54, 1.807) is 48.5 Å². The number of fused-ring (bicyclic) bond motifs is 1. The van der Waals surface area contributed by atoms with Gasteiger partial charge in [-0.1, -0.05) is 82.7 Å². The van der Waals surface area contributed by atoms with Gasteiger partial charge in [-0.3, -0.25) is 9.59 Å². The maximum absolute atomic E-state index is 13.8. The van der Waals surface area contributed by atoms with Crippen LogP contribution in [-0.4, -0.2) is 11.8 Å². The van der Waals surface area contributed by atoms with Crippen LogP contribution in [0.5, 0.6) is 0 Å². The average molecular weight is 496 g/mol. The summed E-state index contributed by atoms with van der Waals surface area (Å²) >= 11 is 3.52. The van der Waals surface area contributed by atoms with Gasteiger partial charge in [-0.25, -0.2) is 4.90 Å². The van der Waals surface area contributed by atoms with E-state index in [0.717, 1.165) is 10.0 Å². The van der Waals surface area contributed by atoms with Crippen LogP contribution in [0.15, 0.2) is 118 Å². The molecule has 0 fully saturated rings. The van der Waals surface area contributed by atoms with E-state index in [2.05, 4.69) is 15.9 Å². The lowest BCUT2D eigenvalue weighted by Gasteiger charge is -2.22. The molecule has 0 bridgehead atoms. The first kappa shape index (κ1) is 20.9. The largest absolute Gasteiger partial charge is 0.454 e. The summed E-state index contributed by atoms with van der Waals surface area (Å²) in [6.45, 7) is 0. The lowest BCUT2D eigenvalue weighted by molar-refractivity contribution is 0.0898. The molecule has 1 heterocycles. The number of carbonyl (C=O) groups excluding carboxylic acids is 2. The molecule has 1 aromatic heterocycles. The van der Waals surface area contributed by atoms with Gasteiger partial charge in [0.1, 0.15) is 11.3 Å². The zero-order valence-electron chi connectivity index (χ0n) is 17.4. The fourth-order valence-electron chi connectivity index (χ4n) is 3.78. The topological polar surface area (TPSA) is 50.5 Å². The number of hydrogen-bond donors (Lipinski definition) is 0. The SMILES string of the molecule is O=C(c1ccccc1)N(C(=O)c1ccccc1)c1c(-c2ccccc2)oc2ccc(Br)cc12. The van der Waals surface area contributed by atoms with Crippen molar-refractivity contribution >= 4 is 44.4 Å². The lowest BCUT2D eigenvalue weighted by atomic mass is 10.1. The van der Waals surface area contributed by atoms with Crippen LogP contribution in [-0.2, 0) is 0 Å².